The highest BCUT2D eigenvalue weighted by atomic mass is 79.9. The van der Waals surface area contributed by atoms with E-state index in [9.17, 15) is 4.79 Å². The predicted octanol–water partition coefficient (Wildman–Crippen LogP) is 1.59. The first kappa shape index (κ1) is 9.43. The molecule has 0 bridgehead atoms. The number of hydrogen-bond donors (Lipinski definition) is 1. The molecule has 0 aromatic rings. The first-order valence-corrected chi connectivity index (χ1v) is 3.66. The molecule has 0 saturated heterocycles. The summed E-state index contributed by atoms with van der Waals surface area (Å²) in [6.45, 7) is 1.90. The van der Waals surface area contributed by atoms with E-state index in [4.69, 9.17) is 0 Å². The standard InChI is InChI=1S/C7H10BrNO/c1-6(4-9-2)3-7(8)5-10/h3-5,9H,1-2H3/b6-4-,7-3+. The average Bonchev–Trinajstić information content (AvgIpc) is 1.88. The van der Waals surface area contributed by atoms with Gasteiger partial charge in [0.05, 0.1) is 4.48 Å². The first-order valence-electron chi connectivity index (χ1n) is 2.87. The molecule has 0 aliphatic heterocycles. The first-order chi connectivity index (χ1) is 4.70. The van der Waals surface area contributed by atoms with E-state index in [0.29, 0.717) is 4.48 Å². The quantitative estimate of drug-likeness (QED) is 0.429. The molecule has 2 nitrogen and oxygen atoms in total. The Morgan fingerprint density at radius 3 is 2.60 bits per heavy atom. The third-order valence-electron chi connectivity index (χ3n) is 0.850. The summed E-state index contributed by atoms with van der Waals surface area (Å²) in [4.78, 5) is 10.1. The molecule has 0 fully saturated rings. The van der Waals surface area contributed by atoms with E-state index in [0.717, 1.165) is 11.9 Å². The molecule has 56 valence electrons. The van der Waals surface area contributed by atoms with E-state index in [-0.39, 0.29) is 0 Å². The zero-order valence-electron chi connectivity index (χ0n) is 6.02. The van der Waals surface area contributed by atoms with Crippen molar-refractivity contribution >= 4 is 22.2 Å². The second kappa shape index (κ2) is 5.23. The fourth-order valence-corrected chi connectivity index (χ4v) is 0.882. The summed E-state index contributed by atoms with van der Waals surface area (Å²) in [5.74, 6) is 0. The van der Waals surface area contributed by atoms with Crippen LogP contribution in [0.4, 0.5) is 0 Å². The Balaban J connectivity index is 4.11. The van der Waals surface area contributed by atoms with Gasteiger partial charge in [-0.05, 0) is 40.7 Å². The summed E-state index contributed by atoms with van der Waals surface area (Å²) < 4.78 is 0.552. The van der Waals surface area contributed by atoms with Gasteiger partial charge in [0.2, 0.25) is 0 Å². The van der Waals surface area contributed by atoms with Gasteiger partial charge in [0.25, 0.3) is 0 Å². The van der Waals surface area contributed by atoms with Gasteiger partial charge in [0.15, 0.2) is 6.29 Å². The molecule has 0 heterocycles. The minimum atomic E-state index is 0.552. The lowest BCUT2D eigenvalue weighted by atomic mass is 10.3. The number of allylic oxidation sites excluding steroid dienone is 3. The van der Waals surface area contributed by atoms with E-state index >= 15 is 0 Å². The van der Waals surface area contributed by atoms with Crippen LogP contribution in [0.15, 0.2) is 22.3 Å². The van der Waals surface area contributed by atoms with Crippen LogP contribution in [0.2, 0.25) is 0 Å². The Hall–Kier alpha value is -0.570. The molecule has 10 heavy (non-hydrogen) atoms. The number of halogens is 1. The Bertz CT molecular complexity index is 172. The van der Waals surface area contributed by atoms with Crippen LogP contribution in [0, 0.1) is 0 Å². The van der Waals surface area contributed by atoms with Gasteiger partial charge in [0, 0.05) is 7.05 Å². The van der Waals surface area contributed by atoms with E-state index < -0.39 is 0 Å². The van der Waals surface area contributed by atoms with Crippen molar-refractivity contribution < 1.29 is 4.79 Å². The zero-order chi connectivity index (χ0) is 7.98. The number of hydrogen-bond acceptors (Lipinski definition) is 2. The van der Waals surface area contributed by atoms with Gasteiger partial charge < -0.3 is 5.32 Å². The summed E-state index contributed by atoms with van der Waals surface area (Å²) in [7, 11) is 1.81. The van der Waals surface area contributed by atoms with Crippen LogP contribution in [-0.4, -0.2) is 13.3 Å². The Morgan fingerprint density at radius 2 is 2.20 bits per heavy atom. The predicted molar refractivity (Wildman–Crippen MR) is 45.9 cm³/mol. The second-order valence-corrected chi connectivity index (χ2v) is 2.74. The van der Waals surface area contributed by atoms with Crippen LogP contribution in [0.25, 0.3) is 0 Å². The number of carbonyl (C=O) groups excluding carboxylic acids is 1. The van der Waals surface area contributed by atoms with Crippen LogP contribution < -0.4 is 5.32 Å². The van der Waals surface area contributed by atoms with Crippen molar-refractivity contribution in [2.45, 2.75) is 6.92 Å². The average molecular weight is 204 g/mol. The van der Waals surface area contributed by atoms with Crippen LogP contribution in [0.1, 0.15) is 6.92 Å². The van der Waals surface area contributed by atoms with E-state index in [1.807, 2.05) is 20.2 Å². The molecule has 0 unspecified atom stereocenters. The SMILES string of the molecule is CN/C=C(C)\C=C(\Br)C=O. The maximum atomic E-state index is 10.1. The highest BCUT2D eigenvalue weighted by Crippen LogP contribution is 2.04. The van der Waals surface area contributed by atoms with Crippen LogP contribution >= 0.6 is 15.9 Å². The molecule has 0 saturated carbocycles. The van der Waals surface area contributed by atoms with Crippen molar-refractivity contribution in [3.05, 3.63) is 22.3 Å². The molecular formula is C7H10BrNO. The molecule has 0 rings (SSSR count). The molecule has 0 aliphatic rings. The lowest BCUT2D eigenvalue weighted by Crippen LogP contribution is -1.93. The van der Waals surface area contributed by atoms with Crippen LogP contribution in [0.3, 0.4) is 0 Å². The lowest BCUT2D eigenvalue weighted by Gasteiger charge is -1.91. The van der Waals surface area contributed by atoms with E-state index in [2.05, 4.69) is 21.2 Å². The molecule has 0 radical (unpaired) electrons. The van der Waals surface area contributed by atoms with Crippen molar-refractivity contribution in [2.75, 3.05) is 7.05 Å². The van der Waals surface area contributed by atoms with E-state index in [1.165, 1.54) is 0 Å². The molecule has 0 aromatic heterocycles. The third kappa shape index (κ3) is 4.32. The van der Waals surface area contributed by atoms with Gasteiger partial charge in [-0.1, -0.05) is 0 Å². The smallest absolute Gasteiger partial charge is 0.157 e. The lowest BCUT2D eigenvalue weighted by molar-refractivity contribution is -0.104. The highest BCUT2D eigenvalue weighted by Gasteiger charge is 1.86. The summed E-state index contributed by atoms with van der Waals surface area (Å²) in [6.07, 6.45) is 4.31. The van der Waals surface area contributed by atoms with Crippen molar-refractivity contribution in [3.63, 3.8) is 0 Å². The molecule has 0 aromatic carbocycles. The number of rotatable bonds is 3. The summed E-state index contributed by atoms with van der Waals surface area (Å²) in [5.41, 5.74) is 1.00. The molecule has 0 aliphatic carbocycles. The maximum Gasteiger partial charge on any atom is 0.157 e. The Morgan fingerprint density at radius 1 is 1.60 bits per heavy atom. The van der Waals surface area contributed by atoms with Crippen molar-refractivity contribution in [1.29, 1.82) is 0 Å². The molecule has 0 amide bonds. The van der Waals surface area contributed by atoms with Crippen molar-refractivity contribution in [3.8, 4) is 0 Å². The van der Waals surface area contributed by atoms with Gasteiger partial charge >= 0.3 is 0 Å². The fraction of sp³-hybridized carbons (Fsp3) is 0.286. The highest BCUT2D eigenvalue weighted by molar-refractivity contribution is 9.12. The van der Waals surface area contributed by atoms with Gasteiger partial charge in [-0.3, -0.25) is 4.79 Å². The minimum Gasteiger partial charge on any atom is -0.394 e. The van der Waals surface area contributed by atoms with Crippen molar-refractivity contribution in [1.82, 2.24) is 5.32 Å². The molecular weight excluding hydrogens is 194 g/mol. The topological polar surface area (TPSA) is 29.1 Å². The van der Waals surface area contributed by atoms with Crippen LogP contribution in [-0.2, 0) is 4.79 Å². The molecule has 1 N–H and O–H groups in total. The van der Waals surface area contributed by atoms with Gasteiger partial charge in [-0.2, -0.15) is 0 Å². The van der Waals surface area contributed by atoms with Crippen molar-refractivity contribution in [2.24, 2.45) is 0 Å². The number of nitrogens with one attached hydrogen (secondary N) is 1. The molecule has 3 heteroatoms. The molecule has 0 atom stereocenters. The van der Waals surface area contributed by atoms with Crippen LogP contribution in [0.5, 0.6) is 0 Å². The maximum absolute atomic E-state index is 10.1. The Labute approximate surface area is 69.1 Å². The summed E-state index contributed by atoms with van der Waals surface area (Å²) in [6, 6.07) is 0. The fourth-order valence-electron chi connectivity index (χ4n) is 0.521. The zero-order valence-corrected chi connectivity index (χ0v) is 7.60. The Kier molecular flexibility index (Phi) is 4.94. The minimum absolute atomic E-state index is 0.552. The number of aldehydes is 1. The van der Waals surface area contributed by atoms with E-state index in [1.54, 1.807) is 6.08 Å². The number of carbonyl (C=O) groups is 1. The third-order valence-corrected chi connectivity index (χ3v) is 1.27. The summed E-state index contributed by atoms with van der Waals surface area (Å²) in [5, 5.41) is 2.85. The normalized spacial score (nSPS) is 13.1. The summed E-state index contributed by atoms with van der Waals surface area (Å²) >= 11 is 3.07. The second-order valence-electron chi connectivity index (χ2n) is 1.82. The largest absolute Gasteiger partial charge is 0.394 e. The van der Waals surface area contributed by atoms with Gasteiger partial charge in [-0.15, -0.1) is 0 Å². The molecule has 0 spiro atoms. The monoisotopic (exact) mass is 203 g/mol. The van der Waals surface area contributed by atoms with Gasteiger partial charge in [0.1, 0.15) is 0 Å². The van der Waals surface area contributed by atoms with Gasteiger partial charge in [-0.25, -0.2) is 0 Å².